The van der Waals surface area contributed by atoms with E-state index in [9.17, 15) is 4.79 Å². The number of hydrogen-bond donors (Lipinski definition) is 1. The molecule has 78 valence electrons. The number of halogens is 1. The SMILES string of the molecule is O=C1CNCC2Cc3cc(Br)ccc3N12. The van der Waals surface area contributed by atoms with E-state index in [-0.39, 0.29) is 5.91 Å². The Balaban J connectivity index is 2.07. The molecule has 1 amide bonds. The van der Waals surface area contributed by atoms with Gasteiger partial charge >= 0.3 is 0 Å². The Morgan fingerprint density at radius 3 is 3.20 bits per heavy atom. The molecule has 3 rings (SSSR count). The molecule has 1 fully saturated rings. The normalized spacial score (nSPS) is 23.9. The van der Waals surface area contributed by atoms with E-state index >= 15 is 0 Å². The van der Waals surface area contributed by atoms with E-state index in [1.54, 1.807) is 0 Å². The van der Waals surface area contributed by atoms with Crippen LogP contribution in [0.15, 0.2) is 22.7 Å². The zero-order valence-corrected chi connectivity index (χ0v) is 9.75. The van der Waals surface area contributed by atoms with E-state index in [1.165, 1.54) is 5.56 Å². The highest BCUT2D eigenvalue weighted by molar-refractivity contribution is 9.10. The van der Waals surface area contributed by atoms with Crippen molar-refractivity contribution < 1.29 is 4.79 Å². The number of nitrogens with one attached hydrogen (secondary N) is 1. The zero-order valence-electron chi connectivity index (χ0n) is 8.16. The second-order valence-corrected chi connectivity index (χ2v) is 4.94. The molecule has 15 heavy (non-hydrogen) atoms. The average molecular weight is 267 g/mol. The van der Waals surface area contributed by atoms with Gasteiger partial charge in [-0.1, -0.05) is 15.9 Å². The lowest BCUT2D eigenvalue weighted by Crippen LogP contribution is -2.53. The lowest BCUT2D eigenvalue weighted by molar-refractivity contribution is -0.119. The number of fused-ring (bicyclic) bond motifs is 3. The highest BCUT2D eigenvalue weighted by atomic mass is 79.9. The van der Waals surface area contributed by atoms with E-state index in [0.29, 0.717) is 12.6 Å². The maximum Gasteiger partial charge on any atom is 0.241 e. The maximum absolute atomic E-state index is 11.8. The molecule has 1 atom stereocenters. The van der Waals surface area contributed by atoms with Crippen LogP contribution in [0.2, 0.25) is 0 Å². The molecule has 2 heterocycles. The molecule has 0 aliphatic carbocycles. The summed E-state index contributed by atoms with van der Waals surface area (Å²) in [6.07, 6.45) is 0.966. The predicted octanol–water partition coefficient (Wildman–Crippen LogP) is 1.31. The first kappa shape index (κ1) is 9.36. The minimum absolute atomic E-state index is 0.187. The Bertz CT molecular complexity index is 433. The molecule has 1 aromatic carbocycles. The molecular formula is C11H11BrN2O. The summed E-state index contributed by atoms with van der Waals surface area (Å²) in [5.41, 5.74) is 2.36. The molecule has 0 aromatic heterocycles. The van der Waals surface area contributed by atoms with Crippen LogP contribution in [0.3, 0.4) is 0 Å². The summed E-state index contributed by atoms with van der Waals surface area (Å²) in [4.78, 5) is 13.7. The van der Waals surface area contributed by atoms with Gasteiger partial charge in [-0.2, -0.15) is 0 Å². The van der Waals surface area contributed by atoms with Gasteiger partial charge in [-0.3, -0.25) is 4.79 Å². The Kier molecular flexibility index (Phi) is 2.07. The molecule has 0 radical (unpaired) electrons. The van der Waals surface area contributed by atoms with Crippen LogP contribution in [0.4, 0.5) is 5.69 Å². The fraction of sp³-hybridized carbons (Fsp3) is 0.364. The van der Waals surface area contributed by atoms with Gasteiger partial charge in [0.05, 0.1) is 12.6 Å². The summed E-state index contributed by atoms with van der Waals surface area (Å²) in [5.74, 6) is 0.187. The third kappa shape index (κ3) is 1.40. The van der Waals surface area contributed by atoms with Crippen LogP contribution in [0.5, 0.6) is 0 Å². The fourth-order valence-corrected chi connectivity index (χ4v) is 2.84. The molecule has 0 saturated carbocycles. The van der Waals surface area contributed by atoms with Gasteiger partial charge in [0.1, 0.15) is 0 Å². The van der Waals surface area contributed by atoms with Gasteiger partial charge in [0.15, 0.2) is 0 Å². The van der Waals surface area contributed by atoms with Crippen LogP contribution in [0.1, 0.15) is 5.56 Å². The average Bonchev–Trinajstić information content (AvgIpc) is 2.56. The number of nitrogens with zero attached hydrogens (tertiary/aromatic N) is 1. The molecule has 0 bridgehead atoms. The molecule has 4 heteroatoms. The van der Waals surface area contributed by atoms with Gasteiger partial charge in [-0.15, -0.1) is 0 Å². The second kappa shape index (κ2) is 3.32. The molecule has 1 N–H and O–H groups in total. The van der Waals surface area contributed by atoms with Gasteiger partial charge in [-0.05, 0) is 30.2 Å². The van der Waals surface area contributed by atoms with Gasteiger partial charge < -0.3 is 10.2 Å². The van der Waals surface area contributed by atoms with E-state index in [4.69, 9.17) is 0 Å². The molecule has 2 aliphatic heterocycles. The van der Waals surface area contributed by atoms with Crippen LogP contribution in [-0.4, -0.2) is 25.0 Å². The summed E-state index contributed by atoms with van der Waals surface area (Å²) in [5, 5.41) is 3.15. The van der Waals surface area contributed by atoms with E-state index < -0.39 is 0 Å². The number of anilines is 1. The number of amides is 1. The second-order valence-electron chi connectivity index (χ2n) is 4.03. The third-order valence-corrected chi connectivity index (χ3v) is 3.54. The van der Waals surface area contributed by atoms with Crippen molar-refractivity contribution in [2.24, 2.45) is 0 Å². The van der Waals surface area contributed by atoms with Gasteiger partial charge in [0.25, 0.3) is 0 Å². The minimum Gasteiger partial charge on any atom is -0.306 e. The van der Waals surface area contributed by atoms with Crippen LogP contribution < -0.4 is 10.2 Å². The summed E-state index contributed by atoms with van der Waals surface area (Å²) >= 11 is 3.46. The highest BCUT2D eigenvalue weighted by Gasteiger charge is 2.35. The fourth-order valence-electron chi connectivity index (χ4n) is 2.43. The topological polar surface area (TPSA) is 32.3 Å². The molecular weight excluding hydrogens is 256 g/mol. The predicted molar refractivity (Wildman–Crippen MR) is 62.0 cm³/mol. The largest absolute Gasteiger partial charge is 0.306 e. The smallest absolute Gasteiger partial charge is 0.241 e. The first-order valence-corrected chi connectivity index (χ1v) is 5.86. The maximum atomic E-state index is 11.8. The van der Waals surface area contributed by atoms with E-state index in [0.717, 1.165) is 23.1 Å². The van der Waals surface area contributed by atoms with Crippen molar-refractivity contribution in [1.29, 1.82) is 0 Å². The van der Waals surface area contributed by atoms with E-state index in [2.05, 4.69) is 27.3 Å². The van der Waals surface area contributed by atoms with Crippen molar-refractivity contribution in [3.05, 3.63) is 28.2 Å². The van der Waals surface area contributed by atoms with Crippen LogP contribution in [0.25, 0.3) is 0 Å². The molecule has 1 unspecified atom stereocenters. The lowest BCUT2D eigenvalue weighted by Gasteiger charge is -2.30. The third-order valence-electron chi connectivity index (χ3n) is 3.05. The number of carbonyl (C=O) groups is 1. The van der Waals surface area contributed by atoms with Gasteiger partial charge in [0.2, 0.25) is 5.91 Å². The molecule has 1 aromatic rings. The summed E-state index contributed by atoms with van der Waals surface area (Å²) in [6.45, 7) is 1.37. The summed E-state index contributed by atoms with van der Waals surface area (Å²) in [6, 6.07) is 6.45. The van der Waals surface area contributed by atoms with Gasteiger partial charge in [0, 0.05) is 16.7 Å². The van der Waals surface area contributed by atoms with Crippen molar-refractivity contribution in [3.63, 3.8) is 0 Å². The minimum atomic E-state index is 0.187. The van der Waals surface area contributed by atoms with Gasteiger partial charge in [-0.25, -0.2) is 0 Å². The first-order chi connectivity index (χ1) is 7.25. The Labute approximate surface area is 96.6 Å². The number of rotatable bonds is 0. The molecule has 0 spiro atoms. The Hall–Kier alpha value is -0.870. The Morgan fingerprint density at radius 2 is 2.33 bits per heavy atom. The van der Waals surface area contributed by atoms with Crippen molar-refractivity contribution in [2.75, 3.05) is 18.0 Å². The van der Waals surface area contributed by atoms with Crippen molar-refractivity contribution in [1.82, 2.24) is 5.32 Å². The zero-order chi connectivity index (χ0) is 10.4. The molecule has 2 aliphatic rings. The summed E-state index contributed by atoms with van der Waals surface area (Å²) in [7, 11) is 0. The lowest BCUT2D eigenvalue weighted by atomic mass is 10.1. The summed E-state index contributed by atoms with van der Waals surface area (Å²) < 4.78 is 1.08. The molecule has 1 saturated heterocycles. The number of carbonyl (C=O) groups excluding carboxylic acids is 1. The van der Waals surface area contributed by atoms with Crippen molar-refractivity contribution >= 4 is 27.5 Å². The number of piperazine rings is 1. The van der Waals surface area contributed by atoms with Crippen molar-refractivity contribution in [2.45, 2.75) is 12.5 Å². The van der Waals surface area contributed by atoms with Crippen LogP contribution in [0, 0.1) is 0 Å². The monoisotopic (exact) mass is 266 g/mol. The standard InChI is InChI=1S/C11H11BrN2O/c12-8-1-2-10-7(3-8)4-9-5-13-6-11(15)14(9)10/h1-3,9,13H,4-6H2. The van der Waals surface area contributed by atoms with Crippen LogP contribution >= 0.6 is 15.9 Å². The van der Waals surface area contributed by atoms with E-state index in [1.807, 2.05) is 17.0 Å². The van der Waals surface area contributed by atoms with Crippen molar-refractivity contribution in [3.8, 4) is 0 Å². The molecule has 3 nitrogen and oxygen atoms in total. The quantitative estimate of drug-likeness (QED) is 0.768. The highest BCUT2D eigenvalue weighted by Crippen LogP contribution is 2.34. The first-order valence-electron chi connectivity index (χ1n) is 5.07. The number of hydrogen-bond acceptors (Lipinski definition) is 2. The van der Waals surface area contributed by atoms with Crippen LogP contribution in [-0.2, 0) is 11.2 Å². The number of benzene rings is 1. The Morgan fingerprint density at radius 1 is 1.47 bits per heavy atom.